The van der Waals surface area contributed by atoms with Gasteiger partial charge in [0.25, 0.3) is 5.91 Å². The van der Waals surface area contributed by atoms with Gasteiger partial charge in [0.2, 0.25) is 0 Å². The van der Waals surface area contributed by atoms with Crippen molar-refractivity contribution in [3.05, 3.63) is 11.8 Å². The fourth-order valence-electron chi connectivity index (χ4n) is 2.27. The fraction of sp³-hybridized carbons (Fsp3) is 0.636. The van der Waals surface area contributed by atoms with Crippen LogP contribution in [0.2, 0.25) is 0 Å². The summed E-state index contributed by atoms with van der Waals surface area (Å²) >= 11 is 0. The first-order chi connectivity index (χ1) is 7.70. The van der Waals surface area contributed by atoms with Crippen molar-refractivity contribution in [2.45, 2.75) is 37.8 Å². The third-order valence-electron chi connectivity index (χ3n) is 3.13. The highest BCUT2D eigenvalue weighted by Gasteiger charge is 2.33. The topological polar surface area (TPSA) is 67.4 Å². The van der Waals surface area contributed by atoms with Crippen molar-refractivity contribution < 1.29 is 14.3 Å². The molecule has 1 saturated carbocycles. The smallest absolute Gasteiger partial charge is 0.332 e. The van der Waals surface area contributed by atoms with E-state index in [-0.39, 0.29) is 18.0 Å². The molecular formula is C11H16N2O3. The van der Waals surface area contributed by atoms with Gasteiger partial charge in [-0.05, 0) is 12.8 Å². The molecule has 1 aliphatic heterocycles. The Balaban J connectivity index is 2.08. The minimum absolute atomic E-state index is 0.205. The molecule has 2 aliphatic rings. The second-order valence-electron chi connectivity index (χ2n) is 4.20. The highest BCUT2D eigenvalue weighted by Crippen LogP contribution is 2.22. The molecule has 2 unspecified atom stereocenters. The Morgan fingerprint density at radius 2 is 1.94 bits per heavy atom. The maximum atomic E-state index is 11.7. The molecule has 1 amide bonds. The highest BCUT2D eigenvalue weighted by atomic mass is 16.5. The maximum Gasteiger partial charge on any atom is 0.332 e. The first-order valence-electron chi connectivity index (χ1n) is 5.58. The van der Waals surface area contributed by atoms with Gasteiger partial charge in [-0.15, -0.1) is 0 Å². The number of amides is 1. The van der Waals surface area contributed by atoms with E-state index in [4.69, 9.17) is 0 Å². The van der Waals surface area contributed by atoms with Gasteiger partial charge in [0.05, 0.1) is 13.2 Å². The number of methoxy groups -OCH3 is 1. The standard InChI is InChI=1S/C11H16N2O3/c1-16-10(14)6-9-11(15)13-8-5-3-2-4-7(8)12-9/h6-8,12H,2-5H2,1H3,(H,13,15). The molecule has 2 N–H and O–H groups in total. The van der Waals surface area contributed by atoms with Gasteiger partial charge in [0.15, 0.2) is 0 Å². The molecule has 2 fully saturated rings. The predicted molar refractivity (Wildman–Crippen MR) is 57.4 cm³/mol. The predicted octanol–water partition coefficient (Wildman–Crippen LogP) is 0.0739. The number of hydrogen-bond acceptors (Lipinski definition) is 4. The number of nitrogens with one attached hydrogen (secondary N) is 2. The van der Waals surface area contributed by atoms with Crippen LogP contribution in [-0.2, 0) is 14.3 Å². The Hall–Kier alpha value is -1.52. The second-order valence-corrected chi connectivity index (χ2v) is 4.20. The number of hydrogen-bond donors (Lipinski definition) is 2. The van der Waals surface area contributed by atoms with Gasteiger partial charge in [-0.25, -0.2) is 4.79 Å². The highest BCUT2D eigenvalue weighted by molar-refractivity contribution is 5.99. The quantitative estimate of drug-likeness (QED) is 0.489. The van der Waals surface area contributed by atoms with Gasteiger partial charge in [0.1, 0.15) is 5.70 Å². The molecule has 0 aromatic heterocycles. The van der Waals surface area contributed by atoms with Crippen molar-refractivity contribution in [1.29, 1.82) is 0 Å². The third kappa shape index (κ3) is 2.18. The van der Waals surface area contributed by atoms with E-state index in [1.807, 2.05) is 0 Å². The summed E-state index contributed by atoms with van der Waals surface area (Å²) in [5.41, 5.74) is 0.315. The van der Waals surface area contributed by atoms with Crippen LogP contribution in [0.5, 0.6) is 0 Å². The molecule has 1 saturated heterocycles. The summed E-state index contributed by atoms with van der Waals surface area (Å²) in [5, 5.41) is 6.04. The van der Waals surface area contributed by atoms with Crippen LogP contribution < -0.4 is 10.6 Å². The average Bonchev–Trinajstić information content (AvgIpc) is 2.30. The molecular weight excluding hydrogens is 208 g/mol. The number of fused-ring (bicyclic) bond motifs is 1. The zero-order valence-electron chi connectivity index (χ0n) is 9.29. The van der Waals surface area contributed by atoms with Crippen LogP contribution in [0, 0.1) is 0 Å². The Bertz CT molecular complexity index is 338. The van der Waals surface area contributed by atoms with Gasteiger partial charge in [0, 0.05) is 12.1 Å². The van der Waals surface area contributed by atoms with Crippen LogP contribution in [0.4, 0.5) is 0 Å². The first-order valence-corrected chi connectivity index (χ1v) is 5.58. The van der Waals surface area contributed by atoms with Crippen molar-refractivity contribution in [3.63, 3.8) is 0 Å². The fourth-order valence-corrected chi connectivity index (χ4v) is 2.27. The lowest BCUT2D eigenvalue weighted by atomic mass is 9.88. The molecule has 1 aliphatic carbocycles. The number of ether oxygens (including phenoxy) is 1. The molecule has 0 bridgehead atoms. The second kappa shape index (κ2) is 4.55. The van der Waals surface area contributed by atoms with Crippen LogP contribution in [-0.4, -0.2) is 31.1 Å². The normalized spacial score (nSPS) is 31.3. The Kier molecular flexibility index (Phi) is 3.12. The summed E-state index contributed by atoms with van der Waals surface area (Å²) in [5.74, 6) is -0.722. The molecule has 88 valence electrons. The van der Waals surface area contributed by atoms with Gasteiger partial charge in [-0.2, -0.15) is 0 Å². The molecule has 0 aromatic carbocycles. The van der Waals surface area contributed by atoms with E-state index >= 15 is 0 Å². The lowest BCUT2D eigenvalue weighted by Gasteiger charge is -2.38. The molecule has 5 heteroatoms. The summed E-state index contributed by atoms with van der Waals surface area (Å²) in [6.07, 6.45) is 5.56. The van der Waals surface area contributed by atoms with Crippen LogP contribution in [0.25, 0.3) is 0 Å². The molecule has 2 rings (SSSR count). The van der Waals surface area contributed by atoms with Crippen molar-refractivity contribution in [2.75, 3.05) is 7.11 Å². The zero-order chi connectivity index (χ0) is 11.5. The average molecular weight is 224 g/mol. The van der Waals surface area contributed by atoms with E-state index in [9.17, 15) is 9.59 Å². The van der Waals surface area contributed by atoms with Crippen molar-refractivity contribution >= 4 is 11.9 Å². The zero-order valence-corrected chi connectivity index (χ0v) is 9.29. The largest absolute Gasteiger partial charge is 0.466 e. The van der Waals surface area contributed by atoms with Gasteiger partial charge >= 0.3 is 5.97 Å². The molecule has 16 heavy (non-hydrogen) atoms. The maximum absolute atomic E-state index is 11.7. The van der Waals surface area contributed by atoms with E-state index in [1.165, 1.54) is 13.2 Å². The summed E-state index contributed by atoms with van der Waals surface area (Å²) in [7, 11) is 1.30. The SMILES string of the molecule is COC(=O)C=C1NC2CCCCC2NC1=O. The van der Waals surface area contributed by atoms with E-state index in [0.717, 1.165) is 25.7 Å². The number of carbonyl (C=O) groups excluding carboxylic acids is 2. The number of rotatable bonds is 1. The van der Waals surface area contributed by atoms with E-state index in [0.29, 0.717) is 5.70 Å². The monoisotopic (exact) mass is 224 g/mol. The summed E-state index contributed by atoms with van der Waals surface area (Å²) in [6, 6.07) is 0.457. The Labute approximate surface area is 94.2 Å². The third-order valence-corrected chi connectivity index (χ3v) is 3.13. The summed E-state index contributed by atoms with van der Waals surface area (Å²) in [6.45, 7) is 0. The van der Waals surface area contributed by atoms with Crippen molar-refractivity contribution in [3.8, 4) is 0 Å². The Morgan fingerprint density at radius 1 is 1.31 bits per heavy atom. The van der Waals surface area contributed by atoms with Crippen LogP contribution >= 0.6 is 0 Å². The summed E-state index contributed by atoms with van der Waals surface area (Å²) < 4.78 is 4.50. The number of esters is 1. The minimum atomic E-state index is -0.507. The van der Waals surface area contributed by atoms with E-state index in [1.54, 1.807) is 0 Å². The van der Waals surface area contributed by atoms with Gasteiger partial charge in [-0.1, -0.05) is 12.8 Å². The van der Waals surface area contributed by atoms with E-state index < -0.39 is 5.97 Å². The minimum Gasteiger partial charge on any atom is -0.466 e. The number of carbonyl (C=O) groups is 2. The summed E-state index contributed by atoms with van der Waals surface area (Å²) in [4.78, 5) is 22.7. The van der Waals surface area contributed by atoms with E-state index in [2.05, 4.69) is 15.4 Å². The molecule has 0 spiro atoms. The lowest BCUT2D eigenvalue weighted by molar-refractivity contribution is -0.135. The van der Waals surface area contributed by atoms with Gasteiger partial charge in [-0.3, -0.25) is 4.79 Å². The molecule has 5 nitrogen and oxygen atoms in total. The molecule has 1 heterocycles. The van der Waals surface area contributed by atoms with Crippen LogP contribution in [0.1, 0.15) is 25.7 Å². The van der Waals surface area contributed by atoms with Crippen molar-refractivity contribution in [2.24, 2.45) is 0 Å². The Morgan fingerprint density at radius 3 is 2.56 bits per heavy atom. The molecule has 2 atom stereocenters. The number of piperazine rings is 1. The van der Waals surface area contributed by atoms with Crippen LogP contribution in [0.15, 0.2) is 11.8 Å². The van der Waals surface area contributed by atoms with Crippen molar-refractivity contribution in [1.82, 2.24) is 10.6 Å². The van der Waals surface area contributed by atoms with Crippen LogP contribution in [0.3, 0.4) is 0 Å². The lowest BCUT2D eigenvalue weighted by Crippen LogP contribution is -2.58. The molecule has 0 aromatic rings. The molecule has 0 radical (unpaired) electrons. The van der Waals surface area contributed by atoms with Gasteiger partial charge < -0.3 is 15.4 Å². The first kappa shape index (κ1) is 11.0.